The van der Waals surface area contributed by atoms with Crippen LogP contribution in [-0.2, 0) is 11.8 Å². The van der Waals surface area contributed by atoms with E-state index in [-0.39, 0.29) is 5.82 Å². The van der Waals surface area contributed by atoms with Gasteiger partial charge in [-0.1, -0.05) is 40.2 Å². The summed E-state index contributed by atoms with van der Waals surface area (Å²) in [5, 5.41) is 9.80. The molecule has 4 heteroatoms. The Bertz CT molecular complexity index is 725. The van der Waals surface area contributed by atoms with E-state index in [1.54, 1.807) is 6.07 Å². The van der Waals surface area contributed by atoms with Gasteiger partial charge in [-0.25, -0.2) is 4.39 Å². The lowest BCUT2D eigenvalue weighted by Crippen LogP contribution is -2.33. The van der Waals surface area contributed by atoms with Gasteiger partial charge < -0.3 is 4.74 Å². The molecular formula is C17H13BrFNO. The molecule has 0 aliphatic carbocycles. The fraction of sp³-hybridized carbons (Fsp3) is 0.235. The molecule has 1 atom stereocenters. The third-order valence-electron chi connectivity index (χ3n) is 3.91. The second-order valence-electron chi connectivity index (χ2n) is 5.20. The fourth-order valence-electron chi connectivity index (χ4n) is 2.79. The molecule has 0 saturated carbocycles. The lowest BCUT2D eigenvalue weighted by molar-refractivity contribution is 0.241. The molecule has 21 heavy (non-hydrogen) atoms. The third-order valence-corrected chi connectivity index (χ3v) is 4.65. The summed E-state index contributed by atoms with van der Waals surface area (Å²) in [6.07, 6.45) is 1.16. The van der Waals surface area contributed by atoms with Crippen LogP contribution in [0.1, 0.15) is 17.5 Å². The highest BCUT2D eigenvalue weighted by Gasteiger charge is 2.38. The van der Waals surface area contributed by atoms with Crippen LogP contribution in [0.4, 0.5) is 4.39 Å². The normalized spacial score (nSPS) is 20.2. The van der Waals surface area contributed by atoms with Crippen molar-refractivity contribution >= 4 is 15.9 Å². The second kappa shape index (κ2) is 5.50. The van der Waals surface area contributed by atoms with Crippen molar-refractivity contribution in [1.29, 1.82) is 5.26 Å². The van der Waals surface area contributed by atoms with Crippen LogP contribution in [0.25, 0.3) is 0 Å². The highest BCUT2D eigenvalue weighted by molar-refractivity contribution is 9.10. The van der Waals surface area contributed by atoms with Gasteiger partial charge in [0.2, 0.25) is 0 Å². The van der Waals surface area contributed by atoms with Crippen LogP contribution in [-0.4, -0.2) is 6.61 Å². The van der Waals surface area contributed by atoms with Gasteiger partial charge in [-0.15, -0.1) is 0 Å². The van der Waals surface area contributed by atoms with Crippen molar-refractivity contribution in [1.82, 2.24) is 0 Å². The predicted molar refractivity (Wildman–Crippen MR) is 81.6 cm³/mol. The van der Waals surface area contributed by atoms with Crippen LogP contribution in [0.3, 0.4) is 0 Å². The molecule has 0 N–H and O–H groups in total. The molecular weight excluding hydrogens is 333 g/mol. The van der Waals surface area contributed by atoms with Crippen LogP contribution in [0.15, 0.2) is 46.9 Å². The first-order valence-corrected chi connectivity index (χ1v) is 7.51. The molecule has 1 heterocycles. The van der Waals surface area contributed by atoms with Gasteiger partial charge >= 0.3 is 0 Å². The van der Waals surface area contributed by atoms with Crippen molar-refractivity contribution in [2.75, 3.05) is 6.61 Å². The van der Waals surface area contributed by atoms with E-state index in [4.69, 9.17) is 4.74 Å². The summed E-state index contributed by atoms with van der Waals surface area (Å²) in [4.78, 5) is 0. The van der Waals surface area contributed by atoms with Gasteiger partial charge in [0, 0.05) is 16.5 Å². The standard InChI is InChI=1S/C17H13BrFNO/c18-15-9-13(19)6-5-12(15)10-17(11-20)7-8-21-16-4-2-1-3-14(16)17/h1-6,9H,7-8,10H2. The molecule has 1 aliphatic heterocycles. The van der Waals surface area contributed by atoms with Crippen LogP contribution in [0.5, 0.6) is 5.75 Å². The number of para-hydroxylation sites is 1. The molecule has 1 unspecified atom stereocenters. The maximum atomic E-state index is 13.2. The molecule has 2 aromatic rings. The first-order valence-electron chi connectivity index (χ1n) is 6.72. The minimum absolute atomic E-state index is 0.288. The van der Waals surface area contributed by atoms with Crippen molar-refractivity contribution in [3.8, 4) is 11.8 Å². The van der Waals surface area contributed by atoms with E-state index in [2.05, 4.69) is 22.0 Å². The number of hydrogen-bond donors (Lipinski definition) is 0. The Hall–Kier alpha value is -1.86. The average Bonchev–Trinajstić information content (AvgIpc) is 2.50. The SMILES string of the molecule is N#CC1(Cc2ccc(F)cc2Br)CCOc2ccccc21. The number of nitriles is 1. The average molecular weight is 346 g/mol. The summed E-state index contributed by atoms with van der Waals surface area (Å²) >= 11 is 3.39. The quantitative estimate of drug-likeness (QED) is 0.809. The highest BCUT2D eigenvalue weighted by Crippen LogP contribution is 2.41. The Morgan fingerprint density at radius 3 is 2.86 bits per heavy atom. The van der Waals surface area contributed by atoms with E-state index in [9.17, 15) is 9.65 Å². The molecule has 0 aromatic heterocycles. The third kappa shape index (κ3) is 2.54. The zero-order valence-electron chi connectivity index (χ0n) is 11.3. The first-order chi connectivity index (χ1) is 10.1. The highest BCUT2D eigenvalue weighted by atomic mass is 79.9. The zero-order valence-corrected chi connectivity index (χ0v) is 12.9. The summed E-state index contributed by atoms with van der Waals surface area (Å²) < 4.78 is 19.6. The van der Waals surface area contributed by atoms with Crippen LogP contribution >= 0.6 is 15.9 Å². The number of fused-ring (bicyclic) bond motifs is 1. The summed E-state index contributed by atoms with van der Waals surface area (Å²) in [7, 11) is 0. The number of halogens is 2. The number of hydrogen-bond acceptors (Lipinski definition) is 2. The molecule has 106 valence electrons. The maximum Gasteiger partial charge on any atom is 0.124 e. The fourth-order valence-corrected chi connectivity index (χ4v) is 3.28. The van der Waals surface area contributed by atoms with E-state index in [1.165, 1.54) is 12.1 Å². The number of benzene rings is 2. The summed E-state index contributed by atoms with van der Waals surface area (Å²) in [5.41, 5.74) is 1.21. The Morgan fingerprint density at radius 2 is 2.10 bits per heavy atom. The second-order valence-corrected chi connectivity index (χ2v) is 6.06. The minimum atomic E-state index is -0.630. The van der Waals surface area contributed by atoms with Crippen molar-refractivity contribution in [3.63, 3.8) is 0 Å². The van der Waals surface area contributed by atoms with Gasteiger partial charge in [0.05, 0.1) is 18.1 Å². The zero-order chi connectivity index (χ0) is 14.9. The molecule has 2 nitrogen and oxygen atoms in total. The largest absolute Gasteiger partial charge is 0.493 e. The van der Waals surface area contributed by atoms with Gasteiger partial charge in [-0.05, 0) is 30.2 Å². The predicted octanol–water partition coefficient (Wildman–Crippen LogP) is 4.37. The van der Waals surface area contributed by atoms with Crippen molar-refractivity contribution in [2.24, 2.45) is 0 Å². The van der Waals surface area contributed by atoms with Gasteiger partial charge in [0.25, 0.3) is 0 Å². The molecule has 0 spiro atoms. The van der Waals surface area contributed by atoms with Crippen molar-refractivity contribution in [2.45, 2.75) is 18.3 Å². The van der Waals surface area contributed by atoms with Crippen molar-refractivity contribution in [3.05, 3.63) is 63.9 Å². The van der Waals surface area contributed by atoms with Gasteiger partial charge in [-0.2, -0.15) is 5.26 Å². The monoisotopic (exact) mass is 345 g/mol. The Kier molecular flexibility index (Phi) is 3.69. The summed E-state index contributed by atoms with van der Waals surface area (Å²) in [6.45, 7) is 0.517. The van der Waals surface area contributed by atoms with E-state index < -0.39 is 5.41 Å². The smallest absolute Gasteiger partial charge is 0.124 e. The summed E-state index contributed by atoms with van der Waals surface area (Å²) in [5.74, 6) is 0.479. The maximum absolute atomic E-state index is 13.2. The topological polar surface area (TPSA) is 33.0 Å². The van der Waals surface area contributed by atoms with Gasteiger partial charge in [0.1, 0.15) is 11.6 Å². The van der Waals surface area contributed by atoms with Crippen LogP contribution in [0.2, 0.25) is 0 Å². The molecule has 0 amide bonds. The minimum Gasteiger partial charge on any atom is -0.493 e. The molecule has 0 radical (unpaired) electrons. The molecule has 0 fully saturated rings. The summed E-state index contributed by atoms with van der Waals surface area (Å²) in [6, 6.07) is 14.7. The van der Waals surface area contributed by atoms with E-state index in [0.29, 0.717) is 23.9 Å². The first kappa shape index (κ1) is 14.1. The lowest BCUT2D eigenvalue weighted by Gasteiger charge is -2.33. The molecule has 0 saturated heterocycles. The van der Waals surface area contributed by atoms with Crippen LogP contribution < -0.4 is 4.74 Å². The van der Waals surface area contributed by atoms with E-state index in [0.717, 1.165) is 16.9 Å². The number of nitrogens with zero attached hydrogens (tertiary/aromatic N) is 1. The molecule has 2 aromatic carbocycles. The lowest BCUT2D eigenvalue weighted by atomic mass is 9.73. The Labute approximate surface area is 131 Å². The Balaban J connectivity index is 2.05. The van der Waals surface area contributed by atoms with Crippen LogP contribution in [0, 0.1) is 17.1 Å². The molecule has 0 bridgehead atoms. The van der Waals surface area contributed by atoms with E-state index >= 15 is 0 Å². The van der Waals surface area contributed by atoms with Gasteiger partial charge in [0.15, 0.2) is 0 Å². The molecule has 1 aliphatic rings. The number of ether oxygens (including phenoxy) is 1. The number of rotatable bonds is 2. The molecule has 3 rings (SSSR count). The Morgan fingerprint density at radius 1 is 1.29 bits per heavy atom. The van der Waals surface area contributed by atoms with Crippen molar-refractivity contribution < 1.29 is 9.13 Å². The van der Waals surface area contributed by atoms with E-state index in [1.807, 2.05) is 24.3 Å². The van der Waals surface area contributed by atoms with Gasteiger partial charge in [-0.3, -0.25) is 0 Å².